The smallest absolute Gasteiger partial charge is 0.412 e. The summed E-state index contributed by atoms with van der Waals surface area (Å²) in [5.74, 6) is -1.28. The SMILES string of the molecule is Cc1cc(CC(C)(O)C(=O)O)ccc1NC(=O)OC(C)(C)C. The van der Waals surface area contributed by atoms with E-state index in [2.05, 4.69) is 5.32 Å². The summed E-state index contributed by atoms with van der Waals surface area (Å²) >= 11 is 0. The minimum absolute atomic E-state index is 0.0180. The van der Waals surface area contributed by atoms with E-state index in [0.717, 1.165) is 5.56 Å². The number of carboxylic acids is 1. The van der Waals surface area contributed by atoms with Gasteiger partial charge in [0.1, 0.15) is 5.60 Å². The molecule has 0 aliphatic carbocycles. The molecule has 22 heavy (non-hydrogen) atoms. The Morgan fingerprint density at radius 1 is 1.23 bits per heavy atom. The number of anilines is 1. The Labute approximate surface area is 130 Å². The largest absolute Gasteiger partial charge is 0.479 e. The molecule has 6 heteroatoms. The number of hydrogen-bond acceptors (Lipinski definition) is 4. The second-order valence-electron chi connectivity index (χ2n) is 6.53. The first-order chi connectivity index (χ1) is 9.90. The molecule has 0 aromatic heterocycles. The highest BCUT2D eigenvalue weighted by molar-refractivity contribution is 5.86. The number of aliphatic hydroxyl groups is 1. The highest BCUT2D eigenvalue weighted by Crippen LogP contribution is 2.21. The highest BCUT2D eigenvalue weighted by Gasteiger charge is 2.30. The third-order valence-electron chi connectivity index (χ3n) is 2.94. The van der Waals surface area contributed by atoms with E-state index in [0.29, 0.717) is 11.3 Å². The van der Waals surface area contributed by atoms with E-state index >= 15 is 0 Å². The number of aryl methyl sites for hydroxylation is 1. The van der Waals surface area contributed by atoms with Crippen LogP contribution in [0, 0.1) is 6.92 Å². The molecule has 1 aromatic rings. The molecule has 3 N–H and O–H groups in total. The van der Waals surface area contributed by atoms with Gasteiger partial charge in [-0.25, -0.2) is 9.59 Å². The molecule has 0 saturated heterocycles. The van der Waals surface area contributed by atoms with Crippen molar-refractivity contribution in [1.82, 2.24) is 0 Å². The minimum atomic E-state index is -1.83. The van der Waals surface area contributed by atoms with Crippen molar-refractivity contribution in [3.63, 3.8) is 0 Å². The van der Waals surface area contributed by atoms with Crippen molar-refractivity contribution in [3.05, 3.63) is 29.3 Å². The zero-order valence-electron chi connectivity index (χ0n) is 13.6. The Hall–Kier alpha value is -2.08. The van der Waals surface area contributed by atoms with Crippen LogP contribution in [0.2, 0.25) is 0 Å². The number of carboxylic acid groups (broad SMARTS) is 1. The molecular formula is C16H23NO5. The fraction of sp³-hybridized carbons (Fsp3) is 0.500. The van der Waals surface area contributed by atoms with Gasteiger partial charge >= 0.3 is 12.1 Å². The van der Waals surface area contributed by atoms with Crippen LogP contribution >= 0.6 is 0 Å². The molecule has 1 unspecified atom stereocenters. The number of hydrogen-bond donors (Lipinski definition) is 3. The number of rotatable bonds is 4. The quantitative estimate of drug-likeness (QED) is 0.794. The van der Waals surface area contributed by atoms with Crippen LogP contribution in [0.15, 0.2) is 18.2 Å². The van der Waals surface area contributed by atoms with Crippen molar-refractivity contribution < 1.29 is 24.5 Å². The van der Waals surface area contributed by atoms with Crippen LogP contribution in [0.25, 0.3) is 0 Å². The van der Waals surface area contributed by atoms with Crippen LogP contribution in [0.4, 0.5) is 10.5 Å². The standard InChI is InChI=1S/C16H23NO5/c1-10-8-11(9-16(5,21)13(18)19)6-7-12(10)17-14(20)22-15(2,3)4/h6-8,21H,9H2,1-5H3,(H,17,20)(H,18,19). The van der Waals surface area contributed by atoms with Gasteiger partial charge in [-0.3, -0.25) is 5.32 Å². The number of amides is 1. The Kier molecular flexibility index (Phi) is 5.19. The molecule has 1 atom stereocenters. The van der Waals surface area contributed by atoms with Gasteiger partial charge < -0.3 is 14.9 Å². The zero-order chi connectivity index (χ0) is 17.1. The fourth-order valence-corrected chi connectivity index (χ4v) is 1.86. The lowest BCUT2D eigenvalue weighted by atomic mass is 9.95. The molecule has 0 radical (unpaired) electrons. The van der Waals surface area contributed by atoms with Gasteiger partial charge in [0.2, 0.25) is 0 Å². The summed E-state index contributed by atoms with van der Waals surface area (Å²) in [5, 5.41) is 21.4. The van der Waals surface area contributed by atoms with Crippen LogP contribution in [-0.2, 0) is 16.0 Å². The normalized spacial score (nSPS) is 14.1. The summed E-state index contributed by atoms with van der Waals surface area (Å²) in [6.45, 7) is 8.35. The van der Waals surface area contributed by atoms with Gasteiger partial charge in [0.05, 0.1) is 0 Å². The molecule has 122 valence electrons. The van der Waals surface area contributed by atoms with Crippen LogP contribution in [0.5, 0.6) is 0 Å². The van der Waals surface area contributed by atoms with E-state index in [1.165, 1.54) is 6.92 Å². The number of nitrogens with one attached hydrogen (secondary N) is 1. The molecule has 0 spiro atoms. The summed E-state index contributed by atoms with van der Waals surface area (Å²) in [5.41, 5.74) is -0.415. The van der Waals surface area contributed by atoms with Crippen molar-refractivity contribution in [2.75, 3.05) is 5.32 Å². The molecular weight excluding hydrogens is 286 g/mol. The molecule has 0 heterocycles. The second kappa shape index (κ2) is 6.36. The van der Waals surface area contributed by atoms with Gasteiger partial charge in [-0.1, -0.05) is 12.1 Å². The topological polar surface area (TPSA) is 95.9 Å². The average molecular weight is 309 g/mol. The molecule has 0 fully saturated rings. The predicted molar refractivity (Wildman–Crippen MR) is 83.0 cm³/mol. The monoisotopic (exact) mass is 309 g/mol. The van der Waals surface area contributed by atoms with Crippen molar-refractivity contribution in [1.29, 1.82) is 0 Å². The van der Waals surface area contributed by atoms with Crippen LogP contribution < -0.4 is 5.32 Å². The summed E-state index contributed by atoms with van der Waals surface area (Å²) in [6, 6.07) is 5.05. The molecule has 1 amide bonds. The average Bonchev–Trinajstić information content (AvgIpc) is 2.29. The first kappa shape index (κ1) is 18.0. The third kappa shape index (κ3) is 5.37. The van der Waals surface area contributed by atoms with Crippen LogP contribution in [0.3, 0.4) is 0 Å². The van der Waals surface area contributed by atoms with E-state index < -0.39 is 23.3 Å². The summed E-state index contributed by atoms with van der Waals surface area (Å²) in [7, 11) is 0. The molecule has 0 bridgehead atoms. The van der Waals surface area contributed by atoms with E-state index in [-0.39, 0.29) is 6.42 Å². The van der Waals surface area contributed by atoms with Gasteiger partial charge in [-0.2, -0.15) is 0 Å². The maximum atomic E-state index is 11.7. The second-order valence-corrected chi connectivity index (χ2v) is 6.53. The lowest BCUT2D eigenvalue weighted by Crippen LogP contribution is -2.37. The molecule has 6 nitrogen and oxygen atoms in total. The Morgan fingerprint density at radius 2 is 1.82 bits per heavy atom. The molecule has 1 rings (SSSR count). The predicted octanol–water partition coefficient (Wildman–Crippen LogP) is 2.72. The highest BCUT2D eigenvalue weighted by atomic mass is 16.6. The number of carbonyl (C=O) groups excluding carboxylic acids is 1. The number of aliphatic carboxylic acids is 1. The third-order valence-corrected chi connectivity index (χ3v) is 2.94. The van der Waals surface area contributed by atoms with E-state index in [1.807, 2.05) is 0 Å². The lowest BCUT2D eigenvalue weighted by molar-refractivity contribution is -0.156. The van der Waals surface area contributed by atoms with Gasteiger partial charge in [-0.15, -0.1) is 0 Å². The van der Waals surface area contributed by atoms with E-state index in [1.54, 1.807) is 45.9 Å². The van der Waals surface area contributed by atoms with Gasteiger partial charge in [-0.05, 0) is 51.8 Å². The van der Waals surface area contributed by atoms with Crippen LogP contribution in [0.1, 0.15) is 38.8 Å². The van der Waals surface area contributed by atoms with E-state index in [9.17, 15) is 14.7 Å². The van der Waals surface area contributed by atoms with E-state index in [4.69, 9.17) is 9.84 Å². The summed E-state index contributed by atoms with van der Waals surface area (Å²) < 4.78 is 5.17. The fourth-order valence-electron chi connectivity index (χ4n) is 1.86. The first-order valence-corrected chi connectivity index (χ1v) is 6.96. The minimum Gasteiger partial charge on any atom is -0.479 e. The van der Waals surface area contributed by atoms with Crippen molar-refractivity contribution in [2.45, 2.75) is 52.2 Å². The maximum absolute atomic E-state index is 11.7. The zero-order valence-corrected chi connectivity index (χ0v) is 13.6. The molecule has 0 aliphatic heterocycles. The van der Waals surface area contributed by atoms with Crippen molar-refractivity contribution in [2.24, 2.45) is 0 Å². The number of carbonyl (C=O) groups is 2. The molecule has 0 saturated carbocycles. The van der Waals surface area contributed by atoms with Gasteiger partial charge in [0.15, 0.2) is 5.60 Å². The first-order valence-electron chi connectivity index (χ1n) is 6.96. The Balaban J connectivity index is 2.82. The molecule has 1 aromatic carbocycles. The molecule has 0 aliphatic rings. The van der Waals surface area contributed by atoms with Crippen molar-refractivity contribution in [3.8, 4) is 0 Å². The number of benzene rings is 1. The van der Waals surface area contributed by atoms with Gasteiger partial charge in [0, 0.05) is 12.1 Å². The van der Waals surface area contributed by atoms with Gasteiger partial charge in [0.25, 0.3) is 0 Å². The Morgan fingerprint density at radius 3 is 2.27 bits per heavy atom. The van der Waals surface area contributed by atoms with Crippen LogP contribution in [-0.4, -0.2) is 33.5 Å². The number of ether oxygens (including phenoxy) is 1. The Bertz CT molecular complexity index is 572. The summed E-state index contributed by atoms with van der Waals surface area (Å²) in [6.07, 6.45) is -0.573. The summed E-state index contributed by atoms with van der Waals surface area (Å²) in [4.78, 5) is 22.7. The lowest BCUT2D eigenvalue weighted by Gasteiger charge is -2.21. The maximum Gasteiger partial charge on any atom is 0.412 e. The van der Waals surface area contributed by atoms with Crippen molar-refractivity contribution >= 4 is 17.7 Å².